The van der Waals surface area contributed by atoms with E-state index in [9.17, 15) is 19.5 Å². The fraction of sp³-hybridized carbons (Fsp3) is 0.300. The number of rotatable bonds is 11. The number of aliphatic carboxylic acids is 1. The molecule has 35 heavy (non-hydrogen) atoms. The van der Waals surface area contributed by atoms with Crippen LogP contribution in [0.15, 0.2) is 72.8 Å². The zero-order valence-electron chi connectivity index (χ0n) is 20.0. The molecule has 3 aromatic rings. The molecule has 1 fully saturated rings. The Kier molecular flexibility index (Phi) is 7.45. The van der Waals surface area contributed by atoms with E-state index in [-0.39, 0.29) is 11.7 Å². The van der Waals surface area contributed by atoms with Crippen molar-refractivity contribution < 1.29 is 19.5 Å². The summed E-state index contributed by atoms with van der Waals surface area (Å²) in [7, 11) is 0. The van der Waals surface area contributed by atoms with E-state index < -0.39 is 11.5 Å². The van der Waals surface area contributed by atoms with Gasteiger partial charge in [-0.2, -0.15) is 0 Å². The number of ketones is 1. The van der Waals surface area contributed by atoms with Crippen molar-refractivity contribution in [2.75, 3.05) is 0 Å². The monoisotopic (exact) mass is 469 g/mol. The van der Waals surface area contributed by atoms with E-state index in [1.165, 1.54) is 18.4 Å². The van der Waals surface area contributed by atoms with Gasteiger partial charge < -0.3 is 10.4 Å². The highest BCUT2D eigenvalue weighted by Gasteiger charge is 2.51. The predicted octanol–water partition coefficient (Wildman–Crippen LogP) is 5.40. The maximum absolute atomic E-state index is 12.6. The second-order valence-corrected chi connectivity index (χ2v) is 9.43. The fourth-order valence-corrected chi connectivity index (χ4v) is 4.16. The molecule has 1 aliphatic carbocycles. The van der Waals surface area contributed by atoms with Crippen molar-refractivity contribution in [3.05, 3.63) is 95.1 Å². The molecule has 5 heteroatoms. The van der Waals surface area contributed by atoms with Gasteiger partial charge in [-0.3, -0.25) is 9.59 Å². The van der Waals surface area contributed by atoms with E-state index in [1.54, 1.807) is 12.1 Å². The second-order valence-electron chi connectivity index (χ2n) is 9.43. The average molecular weight is 470 g/mol. The molecule has 0 spiro atoms. The van der Waals surface area contributed by atoms with Gasteiger partial charge in [-0.1, -0.05) is 74.0 Å². The van der Waals surface area contributed by atoms with Gasteiger partial charge in [-0.25, -0.2) is 4.79 Å². The number of hydrogen-bond donors (Lipinski definition) is 2. The molecule has 0 radical (unpaired) electrons. The number of unbranched alkanes of at least 4 members (excludes halogenated alkanes) is 1. The lowest BCUT2D eigenvalue weighted by Gasteiger charge is -2.12. The Labute approximate surface area is 206 Å². The molecule has 2 N–H and O–H groups in total. The molecule has 1 saturated carbocycles. The van der Waals surface area contributed by atoms with Gasteiger partial charge in [0.2, 0.25) is 0 Å². The van der Waals surface area contributed by atoms with Crippen LogP contribution in [0.4, 0.5) is 0 Å². The highest BCUT2D eigenvalue weighted by Crippen LogP contribution is 2.35. The van der Waals surface area contributed by atoms with Crippen LogP contribution in [-0.4, -0.2) is 28.3 Å². The van der Waals surface area contributed by atoms with Crippen molar-refractivity contribution in [2.24, 2.45) is 0 Å². The maximum atomic E-state index is 12.6. The molecular weight excluding hydrogens is 438 g/mol. The summed E-state index contributed by atoms with van der Waals surface area (Å²) >= 11 is 0. The molecule has 1 aliphatic rings. The topological polar surface area (TPSA) is 83.5 Å². The fourth-order valence-electron chi connectivity index (χ4n) is 4.16. The van der Waals surface area contributed by atoms with Gasteiger partial charge in [0, 0.05) is 18.4 Å². The first-order valence-electron chi connectivity index (χ1n) is 12.2. The van der Waals surface area contributed by atoms with Crippen LogP contribution in [0.2, 0.25) is 0 Å². The second kappa shape index (κ2) is 10.7. The Morgan fingerprint density at radius 1 is 0.771 bits per heavy atom. The zero-order valence-corrected chi connectivity index (χ0v) is 20.0. The van der Waals surface area contributed by atoms with Crippen LogP contribution in [-0.2, 0) is 28.9 Å². The molecule has 0 aliphatic heterocycles. The molecular formula is C30H31NO4. The Balaban J connectivity index is 1.31. The summed E-state index contributed by atoms with van der Waals surface area (Å²) < 4.78 is 0. The largest absolute Gasteiger partial charge is 0.480 e. The van der Waals surface area contributed by atoms with Gasteiger partial charge in [-0.15, -0.1) is 0 Å². The van der Waals surface area contributed by atoms with E-state index in [0.29, 0.717) is 31.2 Å². The number of nitrogens with one attached hydrogen (secondary N) is 1. The minimum atomic E-state index is -1.10. The number of carboxylic acids is 1. The molecule has 5 nitrogen and oxygen atoms in total. The van der Waals surface area contributed by atoms with Gasteiger partial charge in [0.1, 0.15) is 11.3 Å². The zero-order chi connectivity index (χ0) is 24.8. The van der Waals surface area contributed by atoms with Crippen LogP contribution in [0.25, 0.3) is 11.1 Å². The molecule has 0 aromatic heterocycles. The Bertz CT molecular complexity index is 1190. The first-order valence-corrected chi connectivity index (χ1v) is 12.2. The number of benzene rings is 3. The summed E-state index contributed by atoms with van der Waals surface area (Å²) in [5, 5.41) is 11.9. The number of amides is 1. The molecule has 180 valence electrons. The molecule has 0 saturated heterocycles. The van der Waals surface area contributed by atoms with Crippen molar-refractivity contribution in [3.8, 4) is 11.1 Å². The van der Waals surface area contributed by atoms with Crippen molar-refractivity contribution in [3.63, 3.8) is 0 Å². The summed E-state index contributed by atoms with van der Waals surface area (Å²) in [4.78, 5) is 36.2. The quantitative estimate of drug-likeness (QED) is 0.394. The highest BCUT2D eigenvalue weighted by atomic mass is 16.4. The van der Waals surface area contributed by atoms with Crippen molar-refractivity contribution in [1.29, 1.82) is 0 Å². The summed E-state index contributed by atoms with van der Waals surface area (Å²) in [6.45, 7) is 2.19. The van der Waals surface area contributed by atoms with E-state index in [1.807, 2.05) is 36.4 Å². The van der Waals surface area contributed by atoms with E-state index in [2.05, 4.69) is 36.5 Å². The number of Topliss-reactive ketones (excluding diaryl/α,β-unsaturated/α-hetero) is 1. The average Bonchev–Trinajstić information content (AvgIpc) is 3.65. The standard InChI is InChI=1S/C30H31NO4/c1-2-3-4-21-5-7-22(8-6-21)19-27(32)20-23-9-11-24(12-10-23)25-13-15-26(16-14-25)28(33)31-30(17-18-30)29(34)35/h5-16H,2-4,17-20H2,1H3,(H,31,33)(H,34,35). The minimum absolute atomic E-state index is 0.184. The molecule has 0 bridgehead atoms. The predicted molar refractivity (Wildman–Crippen MR) is 136 cm³/mol. The molecule has 0 heterocycles. The van der Waals surface area contributed by atoms with Crippen LogP contribution in [0, 0.1) is 0 Å². The Morgan fingerprint density at radius 3 is 1.74 bits per heavy atom. The van der Waals surface area contributed by atoms with Crippen molar-refractivity contribution in [2.45, 2.75) is 57.4 Å². The van der Waals surface area contributed by atoms with Crippen LogP contribution >= 0.6 is 0 Å². The number of aryl methyl sites for hydroxylation is 1. The third kappa shape index (κ3) is 6.24. The summed E-state index contributed by atoms with van der Waals surface area (Å²) in [6, 6.07) is 23.3. The number of carboxylic acid groups (broad SMARTS) is 1. The molecule has 3 aromatic carbocycles. The maximum Gasteiger partial charge on any atom is 0.329 e. The first kappa shape index (κ1) is 24.4. The Hall–Kier alpha value is -3.73. The van der Waals surface area contributed by atoms with Crippen LogP contribution in [0.5, 0.6) is 0 Å². The van der Waals surface area contributed by atoms with Gasteiger partial charge in [-0.05, 0) is 65.6 Å². The molecule has 0 unspecified atom stereocenters. The lowest BCUT2D eigenvalue weighted by atomic mass is 9.98. The SMILES string of the molecule is CCCCc1ccc(CC(=O)Cc2ccc(-c3ccc(C(=O)NC4(C(=O)O)CC4)cc3)cc2)cc1. The van der Waals surface area contributed by atoms with E-state index in [4.69, 9.17) is 0 Å². The number of carbonyl (C=O) groups excluding carboxylic acids is 2. The molecule has 0 atom stereocenters. The van der Waals surface area contributed by atoms with Gasteiger partial charge >= 0.3 is 5.97 Å². The van der Waals surface area contributed by atoms with Crippen LogP contribution in [0.3, 0.4) is 0 Å². The third-order valence-corrected chi connectivity index (χ3v) is 6.59. The molecule has 1 amide bonds. The minimum Gasteiger partial charge on any atom is -0.480 e. The van der Waals surface area contributed by atoms with Crippen molar-refractivity contribution in [1.82, 2.24) is 5.32 Å². The van der Waals surface area contributed by atoms with E-state index in [0.717, 1.165) is 28.7 Å². The van der Waals surface area contributed by atoms with E-state index >= 15 is 0 Å². The lowest BCUT2D eigenvalue weighted by molar-refractivity contribution is -0.140. The third-order valence-electron chi connectivity index (χ3n) is 6.59. The Morgan fingerprint density at radius 2 is 1.26 bits per heavy atom. The van der Waals surface area contributed by atoms with Crippen LogP contribution in [0.1, 0.15) is 59.7 Å². The summed E-state index contributed by atoms with van der Waals surface area (Å²) in [6.07, 6.45) is 5.19. The lowest BCUT2D eigenvalue weighted by Crippen LogP contribution is -2.43. The molecule has 4 rings (SSSR count). The smallest absolute Gasteiger partial charge is 0.329 e. The van der Waals surface area contributed by atoms with Gasteiger partial charge in [0.25, 0.3) is 5.91 Å². The number of carbonyl (C=O) groups is 3. The van der Waals surface area contributed by atoms with Crippen molar-refractivity contribution >= 4 is 17.7 Å². The summed E-state index contributed by atoms with van der Waals surface area (Å²) in [5.74, 6) is -1.17. The number of hydrogen-bond acceptors (Lipinski definition) is 3. The first-order chi connectivity index (χ1) is 16.9. The normalized spacial score (nSPS) is 13.7. The van der Waals surface area contributed by atoms with Gasteiger partial charge in [0.15, 0.2) is 0 Å². The van der Waals surface area contributed by atoms with Gasteiger partial charge in [0.05, 0.1) is 0 Å². The summed E-state index contributed by atoms with van der Waals surface area (Å²) in [5.41, 5.74) is 4.61. The highest BCUT2D eigenvalue weighted by molar-refractivity contribution is 5.99. The van der Waals surface area contributed by atoms with Crippen LogP contribution < -0.4 is 5.32 Å².